The van der Waals surface area contributed by atoms with Crippen LogP contribution in [-0.4, -0.2) is 29.3 Å². The molecule has 0 bridgehead atoms. The summed E-state index contributed by atoms with van der Waals surface area (Å²) in [5, 5.41) is 7.84. The van der Waals surface area contributed by atoms with Crippen molar-refractivity contribution in [1.29, 1.82) is 0 Å². The van der Waals surface area contributed by atoms with Gasteiger partial charge < -0.3 is 14.8 Å². The van der Waals surface area contributed by atoms with Crippen molar-refractivity contribution < 1.29 is 9.47 Å². The fraction of sp³-hybridized carbons (Fsp3) is 0.182. The predicted octanol–water partition coefficient (Wildman–Crippen LogP) is 5.97. The molecule has 1 aliphatic heterocycles. The summed E-state index contributed by atoms with van der Waals surface area (Å²) in [4.78, 5) is 9.02. The molecular weight excluding hydrogens is 402 g/mol. The Morgan fingerprint density at radius 3 is 2.93 bits per heavy atom. The number of pyridine rings is 1. The maximum absolute atomic E-state index is 6.17. The normalized spacial score (nSPS) is 16.8. The SMILES string of the molecule is c1cc(Nc2ccc3scnc3c2)c2cc3scc(OC4CCOC4)c3cc2n1. The first-order chi connectivity index (χ1) is 14.3. The van der Waals surface area contributed by atoms with E-state index in [-0.39, 0.29) is 6.10 Å². The fourth-order valence-corrected chi connectivity index (χ4v) is 5.27. The first kappa shape index (κ1) is 17.1. The van der Waals surface area contributed by atoms with E-state index in [1.165, 1.54) is 9.40 Å². The van der Waals surface area contributed by atoms with Gasteiger partial charge in [-0.15, -0.1) is 22.7 Å². The summed E-state index contributed by atoms with van der Waals surface area (Å²) in [5.74, 6) is 0.927. The molecule has 0 saturated carbocycles. The standard InChI is InChI=1S/C22H17N3O2S2/c1-2-21-19(24-12-29-21)7-13(1)25-17-3-5-23-18-8-16-20(27-14-4-6-26-10-14)11-28-22(16)9-15(17)18/h1-3,5,7-9,11-12,14H,4,6,10H2,(H,23,25). The molecule has 5 nitrogen and oxygen atoms in total. The highest BCUT2D eigenvalue weighted by molar-refractivity contribution is 7.17. The number of thiophene rings is 1. The van der Waals surface area contributed by atoms with Gasteiger partial charge >= 0.3 is 0 Å². The minimum atomic E-state index is 0.144. The van der Waals surface area contributed by atoms with Crippen LogP contribution in [-0.2, 0) is 4.74 Å². The second-order valence-corrected chi connectivity index (χ2v) is 8.88. The molecule has 0 spiro atoms. The minimum Gasteiger partial charge on any atom is -0.486 e. The highest BCUT2D eigenvalue weighted by Crippen LogP contribution is 2.38. The Balaban J connectivity index is 1.39. The van der Waals surface area contributed by atoms with Crippen molar-refractivity contribution in [2.75, 3.05) is 18.5 Å². The Kier molecular flexibility index (Phi) is 4.11. The molecule has 0 amide bonds. The van der Waals surface area contributed by atoms with Crippen molar-refractivity contribution in [3.05, 3.63) is 53.5 Å². The molecule has 7 heteroatoms. The first-order valence-electron chi connectivity index (χ1n) is 9.48. The smallest absolute Gasteiger partial charge is 0.138 e. The molecule has 144 valence electrons. The van der Waals surface area contributed by atoms with Crippen LogP contribution < -0.4 is 10.1 Å². The highest BCUT2D eigenvalue weighted by atomic mass is 32.1. The van der Waals surface area contributed by atoms with Gasteiger partial charge in [0.2, 0.25) is 0 Å². The van der Waals surface area contributed by atoms with Crippen LogP contribution in [0.25, 0.3) is 31.2 Å². The minimum absolute atomic E-state index is 0.144. The van der Waals surface area contributed by atoms with Crippen molar-refractivity contribution in [2.24, 2.45) is 0 Å². The Bertz CT molecular complexity index is 1340. The van der Waals surface area contributed by atoms with Crippen LogP contribution in [0.15, 0.2) is 53.5 Å². The largest absolute Gasteiger partial charge is 0.486 e. The second kappa shape index (κ2) is 6.95. The predicted molar refractivity (Wildman–Crippen MR) is 120 cm³/mol. The van der Waals surface area contributed by atoms with E-state index in [4.69, 9.17) is 9.47 Å². The van der Waals surface area contributed by atoms with Gasteiger partial charge in [0.15, 0.2) is 0 Å². The molecule has 1 atom stereocenters. The molecule has 1 aliphatic rings. The van der Waals surface area contributed by atoms with Gasteiger partial charge in [-0.1, -0.05) is 0 Å². The van der Waals surface area contributed by atoms with Crippen LogP contribution in [0.1, 0.15) is 6.42 Å². The summed E-state index contributed by atoms with van der Waals surface area (Å²) >= 11 is 3.35. The number of rotatable bonds is 4. The quantitative estimate of drug-likeness (QED) is 0.389. The van der Waals surface area contributed by atoms with Gasteiger partial charge in [0, 0.05) is 44.8 Å². The summed E-state index contributed by atoms with van der Waals surface area (Å²) in [5.41, 5.74) is 5.89. The van der Waals surface area contributed by atoms with E-state index < -0.39 is 0 Å². The van der Waals surface area contributed by atoms with Gasteiger partial charge in [0.1, 0.15) is 11.9 Å². The summed E-state index contributed by atoms with van der Waals surface area (Å²) in [6, 6.07) is 12.6. The molecule has 5 aromatic rings. The number of ether oxygens (including phenoxy) is 2. The summed E-state index contributed by atoms with van der Waals surface area (Å²) < 4.78 is 14.0. The number of aromatic nitrogens is 2. The maximum atomic E-state index is 6.17. The molecule has 1 saturated heterocycles. The van der Waals surface area contributed by atoms with Crippen LogP contribution in [0.2, 0.25) is 0 Å². The van der Waals surface area contributed by atoms with Crippen LogP contribution in [0, 0.1) is 0 Å². The third-order valence-corrected chi connectivity index (χ3v) is 6.93. The van der Waals surface area contributed by atoms with Crippen LogP contribution >= 0.6 is 22.7 Å². The zero-order chi connectivity index (χ0) is 19.2. The van der Waals surface area contributed by atoms with Gasteiger partial charge in [0.05, 0.1) is 34.5 Å². The van der Waals surface area contributed by atoms with Crippen molar-refractivity contribution in [1.82, 2.24) is 9.97 Å². The van der Waals surface area contributed by atoms with Crippen molar-refractivity contribution in [2.45, 2.75) is 12.5 Å². The molecular formula is C22H17N3O2S2. The van der Waals surface area contributed by atoms with Gasteiger partial charge in [-0.3, -0.25) is 4.98 Å². The van der Waals surface area contributed by atoms with E-state index in [9.17, 15) is 0 Å². The van der Waals surface area contributed by atoms with E-state index in [1.54, 1.807) is 22.7 Å². The summed E-state index contributed by atoms with van der Waals surface area (Å²) in [7, 11) is 0. The zero-order valence-corrected chi connectivity index (χ0v) is 17.1. The number of hydrogen-bond acceptors (Lipinski definition) is 7. The molecule has 1 unspecified atom stereocenters. The molecule has 1 fully saturated rings. The van der Waals surface area contributed by atoms with Gasteiger partial charge in [-0.2, -0.15) is 0 Å². The number of nitrogens with zero attached hydrogens (tertiary/aromatic N) is 2. The topological polar surface area (TPSA) is 56.3 Å². The molecule has 3 aromatic heterocycles. The van der Waals surface area contributed by atoms with Gasteiger partial charge in [0.25, 0.3) is 0 Å². The molecule has 4 heterocycles. The Labute approximate surface area is 174 Å². The number of nitrogens with one attached hydrogen (secondary N) is 1. The molecule has 1 N–H and O–H groups in total. The zero-order valence-electron chi connectivity index (χ0n) is 15.4. The molecule has 0 aliphatic carbocycles. The average Bonchev–Trinajstić information content (AvgIpc) is 3.49. The van der Waals surface area contributed by atoms with Crippen LogP contribution in [0.5, 0.6) is 5.75 Å². The first-order valence-corrected chi connectivity index (χ1v) is 11.2. The van der Waals surface area contributed by atoms with Gasteiger partial charge in [-0.25, -0.2) is 4.98 Å². The number of benzene rings is 2. The molecule has 2 aromatic carbocycles. The number of thiazole rings is 1. The van der Waals surface area contributed by atoms with Crippen LogP contribution in [0.3, 0.4) is 0 Å². The van der Waals surface area contributed by atoms with E-state index in [0.717, 1.165) is 52.0 Å². The van der Waals surface area contributed by atoms with Gasteiger partial charge in [-0.05, 0) is 36.4 Å². The van der Waals surface area contributed by atoms with E-state index in [0.29, 0.717) is 6.61 Å². The van der Waals surface area contributed by atoms with E-state index in [2.05, 4.69) is 51.0 Å². The lowest BCUT2D eigenvalue weighted by Gasteiger charge is -2.12. The Morgan fingerprint density at radius 1 is 1.00 bits per heavy atom. The maximum Gasteiger partial charge on any atom is 0.138 e. The molecule has 0 radical (unpaired) electrons. The third kappa shape index (κ3) is 3.11. The molecule has 29 heavy (non-hydrogen) atoms. The lowest BCUT2D eigenvalue weighted by atomic mass is 10.1. The van der Waals surface area contributed by atoms with Crippen molar-refractivity contribution in [3.8, 4) is 5.75 Å². The second-order valence-electron chi connectivity index (χ2n) is 7.09. The van der Waals surface area contributed by atoms with E-state index in [1.807, 2.05) is 17.8 Å². The third-order valence-electron chi connectivity index (χ3n) is 5.19. The average molecular weight is 420 g/mol. The fourth-order valence-electron chi connectivity index (χ4n) is 3.72. The lowest BCUT2D eigenvalue weighted by molar-refractivity contribution is 0.142. The summed E-state index contributed by atoms with van der Waals surface area (Å²) in [6.07, 6.45) is 2.93. The van der Waals surface area contributed by atoms with E-state index >= 15 is 0 Å². The monoisotopic (exact) mass is 419 g/mol. The summed E-state index contributed by atoms with van der Waals surface area (Å²) in [6.45, 7) is 1.44. The Morgan fingerprint density at radius 2 is 2.00 bits per heavy atom. The number of anilines is 2. The Hall–Kier alpha value is -2.74. The lowest BCUT2D eigenvalue weighted by Crippen LogP contribution is -2.15. The van der Waals surface area contributed by atoms with Crippen molar-refractivity contribution >= 4 is 65.3 Å². The van der Waals surface area contributed by atoms with Crippen molar-refractivity contribution in [3.63, 3.8) is 0 Å². The number of fused-ring (bicyclic) bond motifs is 3. The number of hydrogen-bond donors (Lipinski definition) is 1. The molecule has 6 rings (SSSR count). The van der Waals surface area contributed by atoms with Crippen LogP contribution in [0.4, 0.5) is 11.4 Å². The highest BCUT2D eigenvalue weighted by Gasteiger charge is 2.19.